The Balaban J connectivity index is 1.42. The number of carbonyl (C=O) groups is 3. The van der Waals surface area contributed by atoms with E-state index in [1.54, 1.807) is 6.07 Å². The highest BCUT2D eigenvalue weighted by Gasteiger charge is 2.11. The number of hydrazine groups is 1. The van der Waals surface area contributed by atoms with Crippen molar-refractivity contribution in [2.24, 2.45) is 0 Å². The quantitative estimate of drug-likeness (QED) is 0.465. The Hall–Kier alpha value is -3.67. The zero-order chi connectivity index (χ0) is 21.5. The van der Waals surface area contributed by atoms with E-state index in [9.17, 15) is 14.4 Å². The van der Waals surface area contributed by atoms with Crippen LogP contribution in [0.25, 0.3) is 10.8 Å². The molecule has 0 aliphatic rings. The molecule has 6 nitrogen and oxygen atoms in total. The van der Waals surface area contributed by atoms with Crippen LogP contribution in [-0.4, -0.2) is 24.2 Å². The maximum Gasteiger partial charge on any atom is 0.276 e. The molecular weight excluding hydrogens is 380 g/mol. The van der Waals surface area contributed by atoms with Gasteiger partial charge in [0.1, 0.15) is 5.75 Å². The van der Waals surface area contributed by atoms with Crippen molar-refractivity contribution in [3.63, 3.8) is 0 Å². The molecule has 2 N–H and O–H groups in total. The highest BCUT2D eigenvalue weighted by Crippen LogP contribution is 2.19. The number of amides is 2. The number of fused-ring (bicyclic) bond motifs is 1. The summed E-state index contributed by atoms with van der Waals surface area (Å²) in [6.45, 7) is 3.60. The third kappa shape index (κ3) is 5.67. The molecule has 3 rings (SSSR count). The maximum absolute atomic E-state index is 12.4. The Morgan fingerprint density at radius 1 is 0.800 bits per heavy atom. The second kappa shape index (κ2) is 9.69. The largest absolute Gasteiger partial charge is 0.483 e. The van der Waals surface area contributed by atoms with E-state index < -0.39 is 11.8 Å². The Labute approximate surface area is 175 Å². The van der Waals surface area contributed by atoms with Crippen LogP contribution in [0.3, 0.4) is 0 Å². The fourth-order valence-electron chi connectivity index (χ4n) is 2.98. The third-order valence-electron chi connectivity index (χ3n) is 4.69. The second-order valence-corrected chi connectivity index (χ2v) is 7.14. The molecule has 3 aromatic carbocycles. The molecule has 0 atom stereocenters. The van der Waals surface area contributed by atoms with E-state index in [0.717, 1.165) is 21.9 Å². The van der Waals surface area contributed by atoms with Crippen molar-refractivity contribution in [3.8, 4) is 5.75 Å². The minimum absolute atomic E-state index is 0.0240. The van der Waals surface area contributed by atoms with E-state index in [2.05, 4.69) is 10.9 Å². The molecule has 0 aliphatic heterocycles. The van der Waals surface area contributed by atoms with Gasteiger partial charge in [0.05, 0.1) is 0 Å². The summed E-state index contributed by atoms with van der Waals surface area (Å²) < 4.78 is 5.49. The average Bonchev–Trinajstić information content (AvgIpc) is 2.76. The first-order chi connectivity index (χ1) is 14.4. The van der Waals surface area contributed by atoms with Gasteiger partial charge in [-0.25, -0.2) is 0 Å². The van der Waals surface area contributed by atoms with Gasteiger partial charge in [0.25, 0.3) is 5.91 Å². The predicted octanol–water partition coefficient (Wildman–Crippen LogP) is 3.65. The lowest BCUT2D eigenvalue weighted by Crippen LogP contribution is -2.43. The molecule has 0 radical (unpaired) electrons. The minimum Gasteiger partial charge on any atom is -0.483 e. The van der Waals surface area contributed by atoms with Gasteiger partial charge in [-0.1, -0.05) is 48.5 Å². The standard InChI is InChI=1S/C24H24N2O4/c1-16-7-8-17(2)22(13-16)30-15-24(29)26-25-23(28)12-11-21(27)20-10-9-18-5-3-4-6-19(18)14-20/h3-10,13-14H,11-12,15H2,1-2H3,(H,25,28)(H,26,29). The van der Waals surface area contributed by atoms with Crippen molar-refractivity contribution in [2.75, 3.05) is 6.61 Å². The molecule has 0 unspecified atom stereocenters. The summed E-state index contributed by atoms with van der Waals surface area (Å²) in [5.41, 5.74) is 7.12. The highest BCUT2D eigenvalue weighted by molar-refractivity contribution is 6.01. The van der Waals surface area contributed by atoms with Crippen LogP contribution in [0, 0.1) is 13.8 Å². The van der Waals surface area contributed by atoms with Gasteiger partial charge in [0, 0.05) is 18.4 Å². The van der Waals surface area contributed by atoms with Crippen LogP contribution in [-0.2, 0) is 9.59 Å². The average molecular weight is 404 g/mol. The third-order valence-corrected chi connectivity index (χ3v) is 4.69. The lowest BCUT2D eigenvalue weighted by molar-refractivity contribution is -0.130. The highest BCUT2D eigenvalue weighted by atomic mass is 16.5. The number of benzene rings is 3. The molecule has 2 amide bonds. The van der Waals surface area contributed by atoms with Crippen LogP contribution in [0.2, 0.25) is 0 Å². The van der Waals surface area contributed by atoms with Gasteiger partial charge in [0.15, 0.2) is 12.4 Å². The van der Waals surface area contributed by atoms with E-state index in [0.29, 0.717) is 11.3 Å². The summed E-state index contributed by atoms with van der Waals surface area (Å²) in [7, 11) is 0. The Bertz CT molecular complexity index is 1090. The smallest absolute Gasteiger partial charge is 0.276 e. The van der Waals surface area contributed by atoms with Crippen LogP contribution >= 0.6 is 0 Å². The van der Waals surface area contributed by atoms with E-state index >= 15 is 0 Å². The number of carbonyl (C=O) groups excluding carboxylic acids is 3. The summed E-state index contributed by atoms with van der Waals surface area (Å²) in [6.07, 6.45) is 0.0306. The number of ketones is 1. The molecule has 0 saturated heterocycles. The lowest BCUT2D eigenvalue weighted by Gasteiger charge is -2.11. The van der Waals surface area contributed by atoms with Crippen molar-refractivity contribution >= 4 is 28.4 Å². The van der Waals surface area contributed by atoms with Crippen LogP contribution in [0.5, 0.6) is 5.75 Å². The number of ether oxygens (including phenoxy) is 1. The first-order valence-electron chi connectivity index (χ1n) is 9.72. The van der Waals surface area contributed by atoms with E-state index in [1.165, 1.54) is 0 Å². The monoisotopic (exact) mass is 404 g/mol. The zero-order valence-corrected chi connectivity index (χ0v) is 17.0. The van der Waals surface area contributed by atoms with E-state index in [-0.39, 0.29) is 25.2 Å². The number of Topliss-reactive ketones (excluding diaryl/α,β-unsaturated/α-hetero) is 1. The van der Waals surface area contributed by atoms with Crippen LogP contribution in [0.15, 0.2) is 60.7 Å². The van der Waals surface area contributed by atoms with Gasteiger partial charge >= 0.3 is 0 Å². The van der Waals surface area contributed by atoms with Crippen LogP contribution in [0.1, 0.15) is 34.3 Å². The first-order valence-corrected chi connectivity index (χ1v) is 9.72. The number of hydrogen-bond acceptors (Lipinski definition) is 4. The molecule has 0 fully saturated rings. The molecule has 30 heavy (non-hydrogen) atoms. The molecule has 0 aromatic heterocycles. The SMILES string of the molecule is Cc1ccc(C)c(OCC(=O)NNC(=O)CCC(=O)c2ccc3ccccc3c2)c1. The fraction of sp³-hybridized carbons (Fsp3) is 0.208. The molecule has 3 aromatic rings. The molecule has 6 heteroatoms. The summed E-state index contributed by atoms with van der Waals surface area (Å²) in [5.74, 6) is -0.424. The summed E-state index contributed by atoms with van der Waals surface area (Å²) in [6, 6.07) is 19.0. The lowest BCUT2D eigenvalue weighted by atomic mass is 10.0. The van der Waals surface area contributed by atoms with Gasteiger partial charge < -0.3 is 4.74 Å². The second-order valence-electron chi connectivity index (χ2n) is 7.14. The molecular formula is C24H24N2O4. The number of rotatable bonds is 7. The van der Waals surface area contributed by atoms with Gasteiger partial charge in [-0.05, 0) is 47.9 Å². The number of nitrogens with one attached hydrogen (secondary N) is 2. The van der Waals surface area contributed by atoms with Crippen LogP contribution < -0.4 is 15.6 Å². The summed E-state index contributed by atoms with van der Waals surface area (Å²) >= 11 is 0. The van der Waals surface area contributed by atoms with Crippen molar-refractivity contribution < 1.29 is 19.1 Å². The summed E-state index contributed by atoms with van der Waals surface area (Å²) in [4.78, 5) is 36.2. The van der Waals surface area contributed by atoms with Crippen molar-refractivity contribution in [1.82, 2.24) is 10.9 Å². The number of hydrogen-bond donors (Lipinski definition) is 2. The van der Waals surface area contributed by atoms with E-state index in [1.807, 2.05) is 68.4 Å². The molecule has 0 bridgehead atoms. The molecule has 0 spiro atoms. The van der Waals surface area contributed by atoms with Gasteiger partial charge in [-0.3, -0.25) is 25.2 Å². The zero-order valence-electron chi connectivity index (χ0n) is 17.0. The molecule has 0 aliphatic carbocycles. The Morgan fingerprint density at radius 3 is 2.33 bits per heavy atom. The molecule has 154 valence electrons. The Kier molecular flexibility index (Phi) is 6.80. The molecule has 0 heterocycles. The van der Waals surface area contributed by atoms with Crippen molar-refractivity contribution in [1.29, 1.82) is 0 Å². The Morgan fingerprint density at radius 2 is 1.53 bits per heavy atom. The molecule has 0 saturated carbocycles. The first kappa shape index (κ1) is 21.0. The minimum atomic E-state index is -0.481. The van der Waals surface area contributed by atoms with Crippen molar-refractivity contribution in [3.05, 3.63) is 77.4 Å². The van der Waals surface area contributed by atoms with Gasteiger partial charge in [-0.2, -0.15) is 0 Å². The predicted molar refractivity (Wildman–Crippen MR) is 115 cm³/mol. The van der Waals surface area contributed by atoms with Gasteiger partial charge in [0.2, 0.25) is 5.91 Å². The van der Waals surface area contributed by atoms with Gasteiger partial charge in [-0.15, -0.1) is 0 Å². The normalized spacial score (nSPS) is 10.5. The summed E-state index contributed by atoms with van der Waals surface area (Å²) in [5, 5.41) is 2.03. The van der Waals surface area contributed by atoms with E-state index in [4.69, 9.17) is 4.74 Å². The van der Waals surface area contributed by atoms with Crippen molar-refractivity contribution in [2.45, 2.75) is 26.7 Å². The maximum atomic E-state index is 12.4. The fourth-order valence-corrected chi connectivity index (χ4v) is 2.98. The van der Waals surface area contributed by atoms with Crippen LogP contribution in [0.4, 0.5) is 0 Å². The topological polar surface area (TPSA) is 84.5 Å². The number of aryl methyl sites for hydroxylation is 2.